The molecule has 0 spiro atoms. The van der Waals surface area contributed by atoms with Gasteiger partial charge in [-0.1, -0.05) is 0 Å². The van der Waals surface area contributed by atoms with Crippen LogP contribution in [0.2, 0.25) is 0 Å². The van der Waals surface area contributed by atoms with Crippen LogP contribution < -0.4 is 11.1 Å². The molecule has 0 aliphatic rings. The summed E-state index contributed by atoms with van der Waals surface area (Å²) in [5, 5.41) is 12.1. The van der Waals surface area contributed by atoms with E-state index in [0.29, 0.717) is 17.8 Å². The van der Waals surface area contributed by atoms with Gasteiger partial charge in [-0.2, -0.15) is 0 Å². The molecule has 5 nitrogen and oxygen atoms in total. The average Bonchev–Trinajstić information content (AvgIpc) is 2.29. The molecule has 100 valence electrons. The molecule has 2 unspecified atom stereocenters. The van der Waals surface area contributed by atoms with E-state index in [9.17, 15) is 9.00 Å². The SMILES string of the molecule is Cc1cc(NCC(C)S(C)=O)cc(C(=O)O)c1N. The van der Waals surface area contributed by atoms with Gasteiger partial charge in [-0.25, -0.2) is 4.79 Å². The van der Waals surface area contributed by atoms with E-state index in [1.807, 2.05) is 6.92 Å². The molecule has 1 aromatic carbocycles. The highest BCUT2D eigenvalue weighted by Gasteiger charge is 2.12. The van der Waals surface area contributed by atoms with Crippen molar-refractivity contribution < 1.29 is 14.1 Å². The van der Waals surface area contributed by atoms with Crippen LogP contribution in [0.3, 0.4) is 0 Å². The van der Waals surface area contributed by atoms with Gasteiger partial charge in [0.1, 0.15) is 0 Å². The quantitative estimate of drug-likeness (QED) is 0.704. The van der Waals surface area contributed by atoms with E-state index in [-0.39, 0.29) is 16.5 Å². The smallest absolute Gasteiger partial charge is 0.337 e. The number of anilines is 2. The van der Waals surface area contributed by atoms with Gasteiger partial charge in [-0.15, -0.1) is 0 Å². The lowest BCUT2D eigenvalue weighted by molar-refractivity contribution is 0.0698. The lowest BCUT2D eigenvalue weighted by atomic mass is 10.1. The van der Waals surface area contributed by atoms with E-state index in [1.165, 1.54) is 6.07 Å². The van der Waals surface area contributed by atoms with Crippen molar-refractivity contribution in [1.29, 1.82) is 0 Å². The molecule has 0 aliphatic carbocycles. The third-order valence-electron chi connectivity index (χ3n) is 2.78. The first-order valence-electron chi connectivity index (χ1n) is 5.52. The Bertz CT molecular complexity index is 488. The normalized spacial score (nSPS) is 13.9. The van der Waals surface area contributed by atoms with Gasteiger partial charge in [-0.05, 0) is 31.5 Å². The summed E-state index contributed by atoms with van der Waals surface area (Å²) in [5.41, 5.74) is 7.45. The number of aromatic carboxylic acids is 1. The van der Waals surface area contributed by atoms with Crippen molar-refractivity contribution in [2.45, 2.75) is 19.1 Å². The standard InChI is InChI=1S/C12H18N2O3S/c1-7-4-9(14-6-8(2)18(3)17)5-10(11(7)13)12(15)16/h4-5,8,14H,6,13H2,1-3H3,(H,15,16). The minimum atomic E-state index is -1.05. The molecule has 0 heterocycles. The fourth-order valence-electron chi connectivity index (χ4n) is 1.46. The molecule has 0 saturated heterocycles. The van der Waals surface area contributed by atoms with Gasteiger partial charge in [-0.3, -0.25) is 4.21 Å². The first kappa shape index (κ1) is 14.5. The first-order chi connectivity index (χ1) is 8.32. The van der Waals surface area contributed by atoms with Gasteiger partial charge in [0.2, 0.25) is 0 Å². The molecule has 0 fully saturated rings. The molecule has 1 aromatic rings. The number of aryl methyl sites for hydroxylation is 1. The predicted octanol–water partition coefficient (Wildman–Crippen LogP) is 1.45. The van der Waals surface area contributed by atoms with Crippen LogP contribution in [-0.4, -0.2) is 33.3 Å². The number of carboxylic acids is 1. The highest BCUT2D eigenvalue weighted by molar-refractivity contribution is 7.84. The van der Waals surface area contributed by atoms with Crippen molar-refractivity contribution in [2.24, 2.45) is 0 Å². The summed E-state index contributed by atoms with van der Waals surface area (Å²) in [6, 6.07) is 3.28. The van der Waals surface area contributed by atoms with Gasteiger partial charge < -0.3 is 16.2 Å². The molecule has 0 aromatic heterocycles. The van der Waals surface area contributed by atoms with Crippen molar-refractivity contribution in [3.8, 4) is 0 Å². The number of nitrogens with two attached hydrogens (primary N) is 1. The zero-order valence-corrected chi connectivity index (χ0v) is 11.5. The summed E-state index contributed by atoms with van der Waals surface area (Å²) < 4.78 is 11.2. The Morgan fingerprint density at radius 1 is 1.56 bits per heavy atom. The molecule has 0 saturated carbocycles. The van der Waals surface area contributed by atoms with Gasteiger partial charge in [0.05, 0.1) is 5.56 Å². The van der Waals surface area contributed by atoms with Crippen molar-refractivity contribution in [3.63, 3.8) is 0 Å². The van der Waals surface area contributed by atoms with E-state index in [1.54, 1.807) is 19.2 Å². The predicted molar refractivity (Wildman–Crippen MR) is 74.6 cm³/mol. The number of carboxylic acid groups (broad SMARTS) is 1. The second kappa shape index (κ2) is 5.86. The van der Waals surface area contributed by atoms with Crippen molar-refractivity contribution in [1.82, 2.24) is 0 Å². The van der Waals surface area contributed by atoms with E-state index in [0.717, 1.165) is 0 Å². The number of hydrogen-bond donors (Lipinski definition) is 3. The summed E-state index contributed by atoms with van der Waals surface area (Å²) in [7, 11) is -0.911. The van der Waals surface area contributed by atoms with Gasteiger partial charge in [0, 0.05) is 40.2 Å². The third-order valence-corrected chi connectivity index (χ3v) is 4.08. The molecule has 6 heteroatoms. The van der Waals surface area contributed by atoms with E-state index < -0.39 is 16.8 Å². The number of benzene rings is 1. The van der Waals surface area contributed by atoms with Crippen LogP contribution in [0.25, 0.3) is 0 Å². The molecule has 4 N–H and O–H groups in total. The van der Waals surface area contributed by atoms with Crippen LogP contribution in [0.15, 0.2) is 12.1 Å². The van der Waals surface area contributed by atoms with E-state index in [2.05, 4.69) is 5.32 Å². The Morgan fingerprint density at radius 2 is 2.17 bits per heavy atom. The van der Waals surface area contributed by atoms with Gasteiger partial charge in [0.15, 0.2) is 0 Å². The van der Waals surface area contributed by atoms with Crippen molar-refractivity contribution in [3.05, 3.63) is 23.3 Å². The first-order valence-corrected chi connectivity index (χ1v) is 7.14. The molecular weight excluding hydrogens is 252 g/mol. The Balaban J connectivity index is 2.91. The fraction of sp³-hybridized carbons (Fsp3) is 0.417. The summed E-state index contributed by atoms with van der Waals surface area (Å²) in [6.45, 7) is 4.14. The maximum atomic E-state index is 11.2. The summed E-state index contributed by atoms with van der Waals surface area (Å²) in [6.07, 6.45) is 1.64. The monoisotopic (exact) mass is 270 g/mol. The van der Waals surface area contributed by atoms with E-state index >= 15 is 0 Å². The van der Waals surface area contributed by atoms with Crippen LogP contribution in [0.4, 0.5) is 11.4 Å². The minimum Gasteiger partial charge on any atom is -0.478 e. The highest BCUT2D eigenvalue weighted by atomic mass is 32.2. The number of hydrogen-bond acceptors (Lipinski definition) is 4. The molecule has 0 radical (unpaired) electrons. The lowest BCUT2D eigenvalue weighted by Crippen LogP contribution is -2.21. The largest absolute Gasteiger partial charge is 0.478 e. The molecule has 18 heavy (non-hydrogen) atoms. The highest BCUT2D eigenvalue weighted by Crippen LogP contribution is 2.22. The number of nitrogens with one attached hydrogen (secondary N) is 1. The van der Waals surface area contributed by atoms with Crippen LogP contribution in [0.1, 0.15) is 22.8 Å². The lowest BCUT2D eigenvalue weighted by Gasteiger charge is -2.13. The molecule has 1 rings (SSSR count). The van der Waals surface area contributed by atoms with Crippen LogP contribution >= 0.6 is 0 Å². The maximum Gasteiger partial charge on any atom is 0.337 e. The molecule has 0 amide bonds. The van der Waals surface area contributed by atoms with Gasteiger partial charge in [0.25, 0.3) is 0 Å². The Labute approximate surface area is 109 Å². The average molecular weight is 270 g/mol. The minimum absolute atomic E-state index is 0.00358. The fourth-order valence-corrected chi connectivity index (χ4v) is 1.77. The van der Waals surface area contributed by atoms with Crippen molar-refractivity contribution in [2.75, 3.05) is 23.9 Å². The van der Waals surface area contributed by atoms with Crippen LogP contribution in [0, 0.1) is 6.92 Å². The summed E-state index contributed by atoms with van der Waals surface area (Å²) in [5.74, 6) is -1.05. The Hall–Kier alpha value is -1.56. The second-order valence-electron chi connectivity index (χ2n) is 4.25. The zero-order valence-electron chi connectivity index (χ0n) is 10.7. The van der Waals surface area contributed by atoms with Crippen molar-refractivity contribution >= 4 is 28.1 Å². The molecule has 0 bridgehead atoms. The van der Waals surface area contributed by atoms with Gasteiger partial charge >= 0.3 is 5.97 Å². The second-order valence-corrected chi connectivity index (χ2v) is 6.05. The third kappa shape index (κ3) is 3.46. The zero-order chi connectivity index (χ0) is 13.9. The Morgan fingerprint density at radius 3 is 2.67 bits per heavy atom. The topological polar surface area (TPSA) is 92.4 Å². The maximum absolute atomic E-state index is 11.2. The summed E-state index contributed by atoms with van der Waals surface area (Å²) in [4.78, 5) is 11.0. The molecule has 2 atom stereocenters. The van der Waals surface area contributed by atoms with E-state index in [4.69, 9.17) is 10.8 Å². The number of rotatable bonds is 5. The number of nitrogen functional groups attached to an aromatic ring is 1. The van der Waals surface area contributed by atoms with Crippen LogP contribution in [-0.2, 0) is 10.8 Å². The van der Waals surface area contributed by atoms with Crippen LogP contribution in [0.5, 0.6) is 0 Å². The molecule has 0 aliphatic heterocycles. The summed E-state index contributed by atoms with van der Waals surface area (Å²) >= 11 is 0. The number of carbonyl (C=O) groups is 1. The Kier molecular flexibility index (Phi) is 4.72. The molecular formula is C12H18N2O3S.